The van der Waals surface area contributed by atoms with Crippen LogP contribution in [-0.2, 0) is 0 Å². The van der Waals surface area contributed by atoms with E-state index in [2.05, 4.69) is 13.0 Å². The van der Waals surface area contributed by atoms with Gasteiger partial charge in [0.15, 0.2) is 0 Å². The Morgan fingerprint density at radius 2 is 1.48 bits per heavy atom. The lowest BCUT2D eigenvalue weighted by atomic mass is 9.63. The Bertz CT molecular complexity index is 613. The molecule has 4 unspecified atom stereocenters. The molecule has 3 aliphatic rings. The Morgan fingerprint density at radius 1 is 0.815 bits per heavy atom. The van der Waals surface area contributed by atoms with Crippen molar-refractivity contribution in [3.8, 4) is 0 Å². The monoisotopic (exact) mass is 370 g/mol. The minimum atomic E-state index is -0.0181. The molecule has 27 heavy (non-hydrogen) atoms. The van der Waals surface area contributed by atoms with Gasteiger partial charge in [-0.3, -0.25) is 0 Å². The fraction of sp³-hybridized carbons (Fsp3) is 0.769. The average Bonchev–Trinajstić information content (AvgIpc) is 2.69. The van der Waals surface area contributed by atoms with Gasteiger partial charge in [-0.25, -0.2) is 4.39 Å². The zero-order valence-electron chi connectivity index (χ0n) is 17.6. The summed E-state index contributed by atoms with van der Waals surface area (Å²) in [5, 5.41) is 0. The molecular formula is C26H39F. The molecule has 0 N–H and O–H groups in total. The average molecular weight is 371 g/mol. The number of benzene rings is 1. The second-order valence-corrected chi connectivity index (χ2v) is 10.4. The van der Waals surface area contributed by atoms with Crippen LogP contribution in [0.3, 0.4) is 0 Å². The van der Waals surface area contributed by atoms with Crippen molar-refractivity contribution in [2.45, 2.75) is 96.8 Å². The number of rotatable bonds is 4. The zero-order valence-corrected chi connectivity index (χ0v) is 17.6. The van der Waals surface area contributed by atoms with Gasteiger partial charge in [-0.15, -0.1) is 0 Å². The molecule has 0 spiro atoms. The molecule has 1 aromatic carbocycles. The zero-order chi connectivity index (χ0) is 18.8. The smallest absolute Gasteiger partial charge is 0.126 e. The second kappa shape index (κ2) is 8.66. The maximum Gasteiger partial charge on any atom is 0.126 e. The summed E-state index contributed by atoms with van der Waals surface area (Å²) in [6.07, 6.45) is 17.3. The molecule has 0 bridgehead atoms. The van der Waals surface area contributed by atoms with E-state index in [1.807, 2.05) is 19.1 Å². The SMILES string of the molecule is Cc1ccc(C2CCC3CC(CCC4CCC(C)CC4)CCC3C2)cc1F. The maximum absolute atomic E-state index is 14.0. The topological polar surface area (TPSA) is 0 Å². The Labute approximate surface area is 166 Å². The molecule has 0 heterocycles. The van der Waals surface area contributed by atoms with Crippen LogP contribution in [0.15, 0.2) is 18.2 Å². The number of hydrogen-bond acceptors (Lipinski definition) is 0. The normalized spacial score (nSPS) is 37.0. The van der Waals surface area contributed by atoms with Crippen molar-refractivity contribution in [2.24, 2.45) is 29.6 Å². The highest BCUT2D eigenvalue weighted by Crippen LogP contribution is 2.48. The number of halogens is 1. The van der Waals surface area contributed by atoms with E-state index in [4.69, 9.17) is 0 Å². The van der Waals surface area contributed by atoms with Crippen LogP contribution in [0.1, 0.15) is 101 Å². The Balaban J connectivity index is 1.25. The fourth-order valence-corrected chi connectivity index (χ4v) is 6.50. The van der Waals surface area contributed by atoms with Crippen molar-refractivity contribution in [2.75, 3.05) is 0 Å². The van der Waals surface area contributed by atoms with Crippen molar-refractivity contribution in [3.63, 3.8) is 0 Å². The van der Waals surface area contributed by atoms with Gasteiger partial charge in [0.25, 0.3) is 0 Å². The van der Waals surface area contributed by atoms with Crippen molar-refractivity contribution in [1.82, 2.24) is 0 Å². The number of fused-ring (bicyclic) bond motifs is 1. The van der Waals surface area contributed by atoms with Crippen molar-refractivity contribution in [1.29, 1.82) is 0 Å². The van der Waals surface area contributed by atoms with Crippen LogP contribution in [-0.4, -0.2) is 0 Å². The largest absolute Gasteiger partial charge is 0.207 e. The third-order valence-corrected chi connectivity index (χ3v) is 8.51. The molecule has 3 fully saturated rings. The molecule has 150 valence electrons. The summed E-state index contributed by atoms with van der Waals surface area (Å²) < 4.78 is 14.0. The van der Waals surface area contributed by atoms with Gasteiger partial charge in [0, 0.05) is 0 Å². The molecule has 0 radical (unpaired) electrons. The molecular weight excluding hydrogens is 331 g/mol. The fourth-order valence-electron chi connectivity index (χ4n) is 6.50. The van der Waals surface area contributed by atoms with E-state index in [0.717, 1.165) is 35.2 Å². The molecule has 0 amide bonds. The molecule has 3 saturated carbocycles. The third kappa shape index (κ3) is 4.77. The van der Waals surface area contributed by atoms with Crippen molar-refractivity contribution in [3.05, 3.63) is 35.1 Å². The number of aryl methyl sites for hydroxylation is 1. The lowest BCUT2D eigenvalue weighted by molar-refractivity contribution is 0.109. The summed E-state index contributed by atoms with van der Waals surface area (Å²) in [5.74, 6) is 5.46. The van der Waals surface area contributed by atoms with Crippen LogP contribution < -0.4 is 0 Å². The summed E-state index contributed by atoms with van der Waals surface area (Å²) in [6, 6.07) is 5.97. The molecule has 3 aliphatic carbocycles. The van der Waals surface area contributed by atoms with E-state index in [9.17, 15) is 4.39 Å². The first-order valence-corrected chi connectivity index (χ1v) is 11.8. The highest BCUT2D eigenvalue weighted by atomic mass is 19.1. The van der Waals surface area contributed by atoms with Gasteiger partial charge in [-0.1, -0.05) is 64.0 Å². The molecule has 4 rings (SSSR count). The van der Waals surface area contributed by atoms with E-state index < -0.39 is 0 Å². The molecule has 0 aromatic heterocycles. The minimum absolute atomic E-state index is 0.0181. The predicted molar refractivity (Wildman–Crippen MR) is 112 cm³/mol. The van der Waals surface area contributed by atoms with Crippen LogP contribution in [0.25, 0.3) is 0 Å². The van der Waals surface area contributed by atoms with Gasteiger partial charge in [0.2, 0.25) is 0 Å². The van der Waals surface area contributed by atoms with E-state index >= 15 is 0 Å². The van der Waals surface area contributed by atoms with E-state index in [-0.39, 0.29) is 5.82 Å². The predicted octanol–water partition coefficient (Wildman–Crippen LogP) is 8.04. The second-order valence-electron chi connectivity index (χ2n) is 10.4. The Morgan fingerprint density at radius 3 is 2.26 bits per heavy atom. The first-order valence-electron chi connectivity index (χ1n) is 11.8. The Hall–Kier alpha value is -0.850. The molecule has 0 saturated heterocycles. The minimum Gasteiger partial charge on any atom is -0.207 e. The lowest BCUT2D eigenvalue weighted by Gasteiger charge is -2.42. The van der Waals surface area contributed by atoms with Crippen LogP contribution in [0.4, 0.5) is 4.39 Å². The summed E-state index contributed by atoms with van der Waals surface area (Å²) in [5.41, 5.74) is 2.03. The first-order chi connectivity index (χ1) is 13.1. The molecule has 0 aliphatic heterocycles. The highest BCUT2D eigenvalue weighted by Gasteiger charge is 2.36. The van der Waals surface area contributed by atoms with Crippen molar-refractivity contribution >= 4 is 0 Å². The van der Waals surface area contributed by atoms with Gasteiger partial charge in [-0.2, -0.15) is 0 Å². The van der Waals surface area contributed by atoms with Crippen LogP contribution in [0, 0.1) is 42.3 Å². The first kappa shape index (κ1) is 19.5. The molecule has 0 nitrogen and oxygen atoms in total. The molecule has 4 atom stereocenters. The summed E-state index contributed by atoms with van der Waals surface area (Å²) >= 11 is 0. The third-order valence-electron chi connectivity index (χ3n) is 8.51. The van der Waals surface area contributed by atoms with Gasteiger partial charge in [0.05, 0.1) is 0 Å². The van der Waals surface area contributed by atoms with Crippen LogP contribution in [0.5, 0.6) is 0 Å². The van der Waals surface area contributed by atoms with Gasteiger partial charge >= 0.3 is 0 Å². The van der Waals surface area contributed by atoms with E-state index in [1.54, 1.807) is 0 Å². The van der Waals surface area contributed by atoms with Gasteiger partial charge in [-0.05, 0) is 91.7 Å². The van der Waals surface area contributed by atoms with E-state index in [1.165, 1.54) is 82.6 Å². The molecule has 1 heteroatoms. The summed E-state index contributed by atoms with van der Waals surface area (Å²) in [4.78, 5) is 0. The van der Waals surface area contributed by atoms with Gasteiger partial charge in [0.1, 0.15) is 5.82 Å². The summed E-state index contributed by atoms with van der Waals surface area (Å²) in [7, 11) is 0. The van der Waals surface area contributed by atoms with Crippen LogP contribution >= 0.6 is 0 Å². The van der Waals surface area contributed by atoms with Gasteiger partial charge < -0.3 is 0 Å². The summed E-state index contributed by atoms with van der Waals surface area (Å²) in [6.45, 7) is 4.30. The Kier molecular flexibility index (Phi) is 6.25. The van der Waals surface area contributed by atoms with Crippen molar-refractivity contribution < 1.29 is 4.39 Å². The standard InChI is InChI=1S/C26H39F/c1-18-3-6-20(7-4-18)8-9-21-10-12-23-16-24(14-13-22(23)15-21)25-11-5-19(2)26(27)17-25/h5,11,17-18,20-24H,3-4,6-10,12-16H2,1-2H3. The quantitative estimate of drug-likeness (QED) is 0.503. The number of hydrogen-bond donors (Lipinski definition) is 0. The van der Waals surface area contributed by atoms with Crippen LogP contribution in [0.2, 0.25) is 0 Å². The molecule has 1 aromatic rings. The lowest BCUT2D eigenvalue weighted by Crippen LogP contribution is -2.30. The highest BCUT2D eigenvalue weighted by molar-refractivity contribution is 5.26. The maximum atomic E-state index is 14.0. The van der Waals surface area contributed by atoms with E-state index in [0.29, 0.717) is 5.92 Å².